The molecule has 0 aromatic heterocycles. The Labute approximate surface area is 86.6 Å². The lowest BCUT2D eigenvalue weighted by molar-refractivity contribution is -0.384. The van der Waals surface area contributed by atoms with Crippen LogP contribution in [-0.2, 0) is 0 Å². The SMILES string of the molecule is Cc1cc(NN(C)C)c([N+](=O)[O-])cc1F. The third-order valence-electron chi connectivity index (χ3n) is 1.82. The summed E-state index contributed by atoms with van der Waals surface area (Å²) in [6.45, 7) is 1.56. The van der Waals surface area contributed by atoms with Crippen LogP contribution in [0.15, 0.2) is 12.1 Å². The molecule has 1 rings (SSSR count). The van der Waals surface area contributed by atoms with Crippen molar-refractivity contribution in [3.63, 3.8) is 0 Å². The molecule has 6 heteroatoms. The molecular formula is C9H12FN3O2. The van der Waals surface area contributed by atoms with E-state index in [1.807, 2.05) is 0 Å². The number of benzene rings is 1. The average molecular weight is 213 g/mol. The van der Waals surface area contributed by atoms with Crippen LogP contribution in [0.5, 0.6) is 0 Å². The van der Waals surface area contributed by atoms with E-state index in [1.165, 1.54) is 6.07 Å². The van der Waals surface area contributed by atoms with Gasteiger partial charge < -0.3 is 5.43 Å². The molecule has 1 aromatic rings. The van der Waals surface area contributed by atoms with Gasteiger partial charge in [0.1, 0.15) is 11.5 Å². The van der Waals surface area contributed by atoms with Gasteiger partial charge in [-0.05, 0) is 18.6 Å². The van der Waals surface area contributed by atoms with E-state index in [2.05, 4.69) is 5.43 Å². The zero-order valence-electron chi connectivity index (χ0n) is 8.74. The molecule has 0 fully saturated rings. The largest absolute Gasteiger partial charge is 0.313 e. The second kappa shape index (κ2) is 4.22. The Kier molecular flexibility index (Phi) is 3.21. The van der Waals surface area contributed by atoms with Gasteiger partial charge in [-0.1, -0.05) is 0 Å². The Hall–Kier alpha value is -1.69. The molecular weight excluding hydrogens is 201 g/mol. The van der Waals surface area contributed by atoms with Crippen molar-refractivity contribution in [2.75, 3.05) is 19.5 Å². The van der Waals surface area contributed by atoms with E-state index < -0.39 is 10.7 Å². The standard InChI is InChI=1S/C9H12FN3O2/c1-6-4-8(11-12(2)3)9(13(14)15)5-7(6)10/h4-5,11H,1-3H3. The summed E-state index contributed by atoms with van der Waals surface area (Å²) in [5, 5.41) is 12.2. The fraction of sp³-hybridized carbons (Fsp3) is 0.333. The van der Waals surface area contributed by atoms with Crippen LogP contribution in [0.3, 0.4) is 0 Å². The van der Waals surface area contributed by atoms with E-state index in [9.17, 15) is 14.5 Å². The molecule has 1 N–H and O–H groups in total. The Morgan fingerprint density at radius 2 is 2.07 bits per heavy atom. The summed E-state index contributed by atoms with van der Waals surface area (Å²) in [5.41, 5.74) is 3.12. The predicted molar refractivity (Wildman–Crippen MR) is 55.1 cm³/mol. The smallest absolute Gasteiger partial charge is 0.296 e. The highest BCUT2D eigenvalue weighted by atomic mass is 19.1. The first-order chi connectivity index (χ1) is 6.91. The van der Waals surface area contributed by atoms with Gasteiger partial charge in [-0.15, -0.1) is 0 Å². The number of nitro benzene ring substituents is 1. The van der Waals surface area contributed by atoms with Crippen molar-refractivity contribution in [2.24, 2.45) is 0 Å². The molecule has 0 atom stereocenters. The number of rotatable bonds is 3. The molecule has 0 aliphatic heterocycles. The van der Waals surface area contributed by atoms with E-state index in [4.69, 9.17) is 0 Å². The molecule has 0 amide bonds. The van der Waals surface area contributed by atoms with E-state index in [0.29, 0.717) is 5.56 Å². The maximum Gasteiger partial charge on any atom is 0.296 e. The second-order valence-electron chi connectivity index (χ2n) is 3.38. The molecule has 0 radical (unpaired) electrons. The number of hydrazine groups is 1. The summed E-state index contributed by atoms with van der Waals surface area (Å²) in [6, 6.07) is 2.33. The molecule has 0 saturated carbocycles. The number of halogens is 1. The minimum atomic E-state index is -0.617. The zero-order chi connectivity index (χ0) is 11.6. The summed E-state index contributed by atoms with van der Waals surface area (Å²) in [4.78, 5) is 10.0. The minimum absolute atomic E-state index is 0.271. The van der Waals surface area contributed by atoms with Gasteiger partial charge >= 0.3 is 0 Å². The molecule has 0 aliphatic carbocycles. The fourth-order valence-corrected chi connectivity index (χ4v) is 1.15. The molecule has 15 heavy (non-hydrogen) atoms. The van der Waals surface area contributed by atoms with E-state index in [1.54, 1.807) is 26.0 Å². The minimum Gasteiger partial charge on any atom is -0.313 e. The monoisotopic (exact) mass is 213 g/mol. The summed E-state index contributed by atoms with van der Waals surface area (Å²) in [6.07, 6.45) is 0. The van der Waals surface area contributed by atoms with Crippen molar-refractivity contribution < 1.29 is 9.31 Å². The van der Waals surface area contributed by atoms with Crippen LogP contribution in [0.1, 0.15) is 5.56 Å². The normalized spacial score (nSPS) is 10.5. The predicted octanol–water partition coefficient (Wildman–Crippen LogP) is 1.93. The Bertz CT molecular complexity index is 393. The lowest BCUT2D eigenvalue weighted by atomic mass is 10.2. The summed E-state index contributed by atoms with van der Waals surface area (Å²) in [5.74, 6) is -0.578. The molecule has 0 spiro atoms. The van der Waals surface area contributed by atoms with Gasteiger partial charge in [-0.2, -0.15) is 0 Å². The first kappa shape index (κ1) is 11.4. The maximum atomic E-state index is 13.1. The van der Waals surface area contributed by atoms with Gasteiger partial charge in [0.15, 0.2) is 0 Å². The number of nitrogens with one attached hydrogen (secondary N) is 1. The van der Waals surface area contributed by atoms with Crippen LogP contribution in [0.2, 0.25) is 0 Å². The first-order valence-electron chi connectivity index (χ1n) is 4.30. The number of anilines is 1. The highest BCUT2D eigenvalue weighted by Gasteiger charge is 2.17. The van der Waals surface area contributed by atoms with E-state index in [0.717, 1.165) is 6.07 Å². The van der Waals surface area contributed by atoms with Crippen molar-refractivity contribution in [2.45, 2.75) is 6.92 Å². The van der Waals surface area contributed by atoms with Crippen molar-refractivity contribution in [1.82, 2.24) is 5.01 Å². The van der Waals surface area contributed by atoms with Crippen LogP contribution in [0.4, 0.5) is 15.8 Å². The Morgan fingerprint density at radius 3 is 2.53 bits per heavy atom. The number of nitrogens with zero attached hydrogens (tertiary/aromatic N) is 2. The molecule has 0 bridgehead atoms. The summed E-state index contributed by atoms with van der Waals surface area (Å²) in [7, 11) is 3.39. The number of nitro groups is 1. The summed E-state index contributed by atoms with van der Waals surface area (Å²) < 4.78 is 13.1. The Morgan fingerprint density at radius 1 is 1.47 bits per heavy atom. The lowest BCUT2D eigenvalue weighted by Gasteiger charge is -2.14. The van der Waals surface area contributed by atoms with Gasteiger partial charge in [0.2, 0.25) is 0 Å². The van der Waals surface area contributed by atoms with Crippen molar-refractivity contribution in [3.8, 4) is 0 Å². The molecule has 0 heterocycles. The third-order valence-corrected chi connectivity index (χ3v) is 1.82. The third kappa shape index (κ3) is 2.63. The number of hydrogen-bond donors (Lipinski definition) is 1. The highest BCUT2D eigenvalue weighted by molar-refractivity contribution is 5.62. The number of aryl methyl sites for hydroxylation is 1. The summed E-state index contributed by atoms with van der Waals surface area (Å²) >= 11 is 0. The molecule has 0 aliphatic rings. The van der Waals surface area contributed by atoms with Crippen molar-refractivity contribution >= 4 is 11.4 Å². The van der Waals surface area contributed by atoms with Gasteiger partial charge in [0.25, 0.3) is 5.69 Å². The van der Waals surface area contributed by atoms with Crippen molar-refractivity contribution in [1.29, 1.82) is 0 Å². The van der Waals surface area contributed by atoms with Crippen LogP contribution in [-0.4, -0.2) is 24.0 Å². The topological polar surface area (TPSA) is 58.4 Å². The van der Waals surface area contributed by atoms with E-state index >= 15 is 0 Å². The molecule has 0 saturated heterocycles. The first-order valence-corrected chi connectivity index (χ1v) is 4.30. The lowest BCUT2D eigenvalue weighted by Crippen LogP contribution is -2.20. The molecule has 82 valence electrons. The zero-order valence-corrected chi connectivity index (χ0v) is 8.74. The van der Waals surface area contributed by atoms with Crippen molar-refractivity contribution in [3.05, 3.63) is 33.6 Å². The average Bonchev–Trinajstić information content (AvgIpc) is 2.09. The quantitative estimate of drug-likeness (QED) is 0.615. The van der Waals surface area contributed by atoms with Crippen LogP contribution in [0.25, 0.3) is 0 Å². The fourth-order valence-electron chi connectivity index (χ4n) is 1.15. The van der Waals surface area contributed by atoms with Crippen LogP contribution < -0.4 is 5.43 Å². The highest BCUT2D eigenvalue weighted by Crippen LogP contribution is 2.27. The van der Waals surface area contributed by atoms with Gasteiger partial charge in [0, 0.05) is 14.1 Å². The van der Waals surface area contributed by atoms with Gasteiger partial charge in [-0.3, -0.25) is 10.1 Å². The van der Waals surface area contributed by atoms with Gasteiger partial charge in [0.05, 0.1) is 11.0 Å². The van der Waals surface area contributed by atoms with Crippen LogP contribution >= 0.6 is 0 Å². The van der Waals surface area contributed by atoms with Gasteiger partial charge in [-0.25, -0.2) is 9.40 Å². The van der Waals surface area contributed by atoms with E-state index in [-0.39, 0.29) is 11.4 Å². The van der Waals surface area contributed by atoms with Crippen LogP contribution in [0, 0.1) is 22.9 Å². The maximum absolute atomic E-state index is 13.1. The number of hydrogen-bond acceptors (Lipinski definition) is 4. The Balaban J connectivity index is 3.22. The molecule has 0 unspecified atom stereocenters. The second-order valence-corrected chi connectivity index (χ2v) is 3.38. The molecule has 1 aromatic carbocycles. The molecule has 5 nitrogen and oxygen atoms in total.